The Labute approximate surface area is 79.1 Å². The summed E-state index contributed by atoms with van der Waals surface area (Å²) in [7, 11) is 0. The Hall–Kier alpha value is -0.940. The first-order valence-corrected chi connectivity index (χ1v) is 5.30. The highest BCUT2D eigenvalue weighted by Crippen LogP contribution is 2.14. The van der Waals surface area contributed by atoms with Gasteiger partial charge in [-0.05, 0) is 6.92 Å². The first-order valence-electron chi connectivity index (χ1n) is 3.74. The van der Waals surface area contributed by atoms with Gasteiger partial charge >= 0.3 is 11.1 Å². The maximum atomic E-state index is 11.1. The topological polar surface area (TPSA) is 62.5 Å². The number of carbonyl (C=O) groups excluding carboxylic acids is 1. The van der Waals surface area contributed by atoms with E-state index in [-0.39, 0.29) is 5.09 Å². The van der Waals surface area contributed by atoms with Crippen LogP contribution in [-0.4, -0.2) is 23.4 Å². The molecule has 0 amide bonds. The predicted octanol–water partition coefficient (Wildman–Crippen LogP) is 1.19. The Morgan fingerprint density at radius 1 is 1.77 bits per heavy atom. The van der Waals surface area contributed by atoms with E-state index in [2.05, 4.69) is 0 Å². The SMILES string of the molecule is CCOC(=O)c1coc([S+](C)[O-])c1. The molecular formula is C8H10O4S. The summed E-state index contributed by atoms with van der Waals surface area (Å²) >= 11 is -1.20. The molecule has 0 aliphatic carbocycles. The molecule has 0 saturated carbocycles. The Morgan fingerprint density at radius 3 is 2.92 bits per heavy atom. The molecule has 1 rings (SSSR count). The van der Waals surface area contributed by atoms with E-state index in [1.165, 1.54) is 18.6 Å². The Morgan fingerprint density at radius 2 is 2.46 bits per heavy atom. The average molecular weight is 202 g/mol. The minimum Gasteiger partial charge on any atom is -0.609 e. The third-order valence-electron chi connectivity index (χ3n) is 1.37. The summed E-state index contributed by atoms with van der Waals surface area (Å²) in [6, 6.07) is 1.42. The zero-order valence-electron chi connectivity index (χ0n) is 7.40. The summed E-state index contributed by atoms with van der Waals surface area (Å²) in [5.74, 6) is -0.456. The molecule has 0 aliphatic heterocycles. The molecule has 1 unspecified atom stereocenters. The number of hydrogen-bond acceptors (Lipinski definition) is 4. The van der Waals surface area contributed by atoms with Gasteiger partial charge in [-0.1, -0.05) is 0 Å². The number of carbonyl (C=O) groups is 1. The van der Waals surface area contributed by atoms with Gasteiger partial charge in [0.25, 0.3) is 0 Å². The Bertz CT molecular complexity index is 292. The molecule has 0 saturated heterocycles. The maximum Gasteiger partial charge on any atom is 0.341 e. The minimum absolute atomic E-state index is 0.281. The lowest BCUT2D eigenvalue weighted by Gasteiger charge is -1.96. The van der Waals surface area contributed by atoms with Crippen molar-refractivity contribution in [1.82, 2.24) is 0 Å². The van der Waals surface area contributed by atoms with Crippen LogP contribution in [0.25, 0.3) is 0 Å². The lowest BCUT2D eigenvalue weighted by atomic mass is 10.3. The Kier molecular flexibility index (Phi) is 3.39. The van der Waals surface area contributed by atoms with Crippen LogP contribution in [0.15, 0.2) is 21.8 Å². The van der Waals surface area contributed by atoms with Crippen LogP contribution >= 0.6 is 0 Å². The third kappa shape index (κ3) is 2.50. The first-order chi connectivity index (χ1) is 6.15. The quantitative estimate of drug-likeness (QED) is 0.545. The number of ether oxygens (including phenoxy) is 1. The smallest absolute Gasteiger partial charge is 0.341 e. The van der Waals surface area contributed by atoms with E-state index in [4.69, 9.17) is 9.15 Å². The second-order valence-electron chi connectivity index (χ2n) is 2.33. The minimum atomic E-state index is -1.20. The van der Waals surface area contributed by atoms with Crippen LogP contribution in [0, 0.1) is 0 Å². The summed E-state index contributed by atoms with van der Waals surface area (Å²) < 4.78 is 20.5. The van der Waals surface area contributed by atoms with Crippen molar-refractivity contribution in [2.75, 3.05) is 12.9 Å². The van der Waals surface area contributed by atoms with E-state index in [1.54, 1.807) is 6.92 Å². The van der Waals surface area contributed by atoms with Crippen molar-refractivity contribution < 1.29 is 18.5 Å². The van der Waals surface area contributed by atoms with Crippen molar-refractivity contribution in [1.29, 1.82) is 0 Å². The molecule has 4 nitrogen and oxygen atoms in total. The van der Waals surface area contributed by atoms with E-state index in [1.807, 2.05) is 0 Å². The third-order valence-corrected chi connectivity index (χ3v) is 2.15. The van der Waals surface area contributed by atoms with Crippen LogP contribution in [0.2, 0.25) is 0 Å². The predicted molar refractivity (Wildman–Crippen MR) is 47.0 cm³/mol. The molecule has 0 fully saturated rings. The monoisotopic (exact) mass is 202 g/mol. The molecular weight excluding hydrogens is 192 g/mol. The van der Waals surface area contributed by atoms with Crippen molar-refractivity contribution in [3.05, 3.63) is 17.9 Å². The van der Waals surface area contributed by atoms with Crippen LogP contribution in [0.3, 0.4) is 0 Å². The van der Waals surface area contributed by atoms with Gasteiger partial charge in [0.2, 0.25) is 0 Å². The van der Waals surface area contributed by atoms with Crippen molar-refractivity contribution in [2.24, 2.45) is 0 Å². The summed E-state index contributed by atoms with van der Waals surface area (Å²) in [5, 5.41) is 0.281. The van der Waals surface area contributed by atoms with E-state index in [9.17, 15) is 9.35 Å². The molecule has 0 aromatic carbocycles. The second kappa shape index (κ2) is 4.34. The van der Waals surface area contributed by atoms with Crippen LogP contribution < -0.4 is 0 Å². The van der Waals surface area contributed by atoms with Crippen LogP contribution in [0.4, 0.5) is 0 Å². The van der Waals surface area contributed by atoms with Gasteiger partial charge in [-0.2, -0.15) is 0 Å². The van der Waals surface area contributed by atoms with E-state index in [0.29, 0.717) is 12.2 Å². The highest BCUT2D eigenvalue weighted by atomic mass is 32.2. The van der Waals surface area contributed by atoms with Crippen molar-refractivity contribution in [3.63, 3.8) is 0 Å². The fraction of sp³-hybridized carbons (Fsp3) is 0.375. The summed E-state index contributed by atoms with van der Waals surface area (Å²) in [4.78, 5) is 11.1. The van der Waals surface area contributed by atoms with Crippen LogP contribution in [-0.2, 0) is 15.9 Å². The molecule has 72 valence electrons. The van der Waals surface area contributed by atoms with Gasteiger partial charge in [0, 0.05) is 17.2 Å². The highest BCUT2D eigenvalue weighted by Gasteiger charge is 2.15. The van der Waals surface area contributed by atoms with E-state index in [0.717, 1.165) is 0 Å². The lowest BCUT2D eigenvalue weighted by molar-refractivity contribution is 0.0525. The molecule has 1 aromatic rings. The molecule has 0 bridgehead atoms. The molecule has 13 heavy (non-hydrogen) atoms. The van der Waals surface area contributed by atoms with Crippen LogP contribution in [0.1, 0.15) is 17.3 Å². The zero-order valence-corrected chi connectivity index (χ0v) is 8.22. The average Bonchev–Trinajstić information content (AvgIpc) is 2.52. The lowest BCUT2D eigenvalue weighted by Crippen LogP contribution is -2.03. The molecule has 5 heteroatoms. The van der Waals surface area contributed by atoms with Gasteiger partial charge in [0.1, 0.15) is 18.1 Å². The molecule has 0 aliphatic rings. The molecule has 1 aromatic heterocycles. The van der Waals surface area contributed by atoms with Crippen LogP contribution in [0.5, 0.6) is 0 Å². The van der Waals surface area contributed by atoms with Gasteiger partial charge in [0.15, 0.2) is 0 Å². The largest absolute Gasteiger partial charge is 0.609 e. The maximum absolute atomic E-state index is 11.1. The van der Waals surface area contributed by atoms with Crippen molar-refractivity contribution >= 4 is 17.1 Å². The van der Waals surface area contributed by atoms with Gasteiger partial charge in [-0.3, -0.25) is 0 Å². The molecule has 1 heterocycles. The summed E-state index contributed by atoms with van der Waals surface area (Å²) in [6.07, 6.45) is 2.72. The fourth-order valence-electron chi connectivity index (χ4n) is 0.789. The highest BCUT2D eigenvalue weighted by molar-refractivity contribution is 7.90. The molecule has 0 spiro atoms. The van der Waals surface area contributed by atoms with E-state index >= 15 is 0 Å². The Balaban J connectivity index is 2.73. The first kappa shape index (κ1) is 10.1. The van der Waals surface area contributed by atoms with Crippen molar-refractivity contribution in [3.8, 4) is 0 Å². The van der Waals surface area contributed by atoms with Gasteiger partial charge in [-0.25, -0.2) is 4.79 Å². The second-order valence-corrected chi connectivity index (χ2v) is 3.64. The molecule has 0 N–H and O–H groups in total. The number of hydrogen-bond donors (Lipinski definition) is 0. The number of rotatable bonds is 3. The fourth-order valence-corrected chi connectivity index (χ4v) is 1.27. The van der Waals surface area contributed by atoms with E-state index < -0.39 is 17.1 Å². The number of furan rings is 1. The zero-order chi connectivity index (χ0) is 9.84. The standard InChI is InChI=1S/C8H10O4S/c1-3-11-8(9)6-4-7(12-5-6)13(2)10/h4-5H,3H2,1-2H3. The van der Waals surface area contributed by atoms with Gasteiger partial charge < -0.3 is 13.7 Å². The van der Waals surface area contributed by atoms with Gasteiger partial charge in [-0.15, -0.1) is 0 Å². The summed E-state index contributed by atoms with van der Waals surface area (Å²) in [6.45, 7) is 2.03. The van der Waals surface area contributed by atoms with Gasteiger partial charge in [0.05, 0.1) is 6.61 Å². The molecule has 0 radical (unpaired) electrons. The molecule has 1 atom stereocenters. The number of esters is 1. The summed E-state index contributed by atoms with van der Waals surface area (Å²) in [5.41, 5.74) is 0.298. The van der Waals surface area contributed by atoms with Crippen molar-refractivity contribution in [2.45, 2.75) is 12.0 Å². The normalized spacial score (nSPS) is 12.5.